The first kappa shape index (κ1) is 11.5. The van der Waals surface area contributed by atoms with E-state index >= 15 is 0 Å². The molecule has 0 aliphatic rings. The van der Waals surface area contributed by atoms with Crippen molar-refractivity contribution in [1.29, 1.82) is 0 Å². The lowest BCUT2D eigenvalue weighted by molar-refractivity contribution is -0.115. The second kappa shape index (κ2) is 4.93. The van der Waals surface area contributed by atoms with Gasteiger partial charge in [0.2, 0.25) is 5.91 Å². The topological polar surface area (TPSA) is 54.0 Å². The molecule has 0 saturated carbocycles. The van der Waals surface area contributed by atoms with Crippen molar-refractivity contribution in [2.45, 2.75) is 6.92 Å². The number of aryl methyl sites for hydroxylation is 1. The summed E-state index contributed by atoms with van der Waals surface area (Å²) in [5.41, 5.74) is 2.52. The molecule has 4 heteroatoms. The van der Waals surface area contributed by atoms with Crippen LogP contribution in [0.5, 0.6) is 0 Å². The molecule has 2 aromatic rings. The Morgan fingerprint density at radius 1 is 1.29 bits per heavy atom. The van der Waals surface area contributed by atoms with Crippen LogP contribution in [0.2, 0.25) is 0 Å². The minimum absolute atomic E-state index is 0.0664. The molecule has 88 valence electrons. The third-order valence-corrected chi connectivity index (χ3v) is 2.47. The monoisotopic (exact) mass is 229 g/mol. The Morgan fingerprint density at radius 3 is 2.88 bits per heavy atom. The van der Waals surface area contributed by atoms with E-state index in [0.29, 0.717) is 6.54 Å². The van der Waals surface area contributed by atoms with Gasteiger partial charge in [0.05, 0.1) is 17.7 Å². The van der Waals surface area contributed by atoms with Crippen molar-refractivity contribution in [1.82, 2.24) is 10.3 Å². The van der Waals surface area contributed by atoms with Crippen molar-refractivity contribution in [2.24, 2.45) is 0 Å². The summed E-state index contributed by atoms with van der Waals surface area (Å²) in [7, 11) is 1.74. The third-order valence-electron chi connectivity index (χ3n) is 2.47. The standard InChI is InChI=1S/C13H15N3O/c1-9-6-7-10-4-3-5-11(13(10)15-9)16-12(17)8-14-2/h3-7,14H,8H2,1-2H3,(H,16,17). The van der Waals surface area contributed by atoms with Crippen molar-refractivity contribution >= 4 is 22.5 Å². The Morgan fingerprint density at radius 2 is 2.12 bits per heavy atom. The number of rotatable bonds is 3. The molecule has 1 amide bonds. The van der Waals surface area contributed by atoms with Crippen LogP contribution in [-0.2, 0) is 4.79 Å². The summed E-state index contributed by atoms with van der Waals surface area (Å²) < 4.78 is 0. The highest BCUT2D eigenvalue weighted by Crippen LogP contribution is 2.21. The molecule has 17 heavy (non-hydrogen) atoms. The number of anilines is 1. The molecule has 0 fully saturated rings. The number of nitrogens with zero attached hydrogens (tertiary/aromatic N) is 1. The Hall–Kier alpha value is -1.94. The number of benzene rings is 1. The maximum atomic E-state index is 11.5. The number of carbonyl (C=O) groups excluding carboxylic acids is 1. The first-order valence-corrected chi connectivity index (χ1v) is 5.51. The van der Waals surface area contributed by atoms with E-state index in [1.165, 1.54) is 0 Å². The molecular formula is C13H15N3O. The lowest BCUT2D eigenvalue weighted by Gasteiger charge is -2.08. The summed E-state index contributed by atoms with van der Waals surface area (Å²) >= 11 is 0. The van der Waals surface area contributed by atoms with Gasteiger partial charge in [-0.05, 0) is 26.1 Å². The molecule has 0 atom stereocenters. The Balaban J connectivity index is 2.39. The van der Waals surface area contributed by atoms with E-state index in [0.717, 1.165) is 22.3 Å². The van der Waals surface area contributed by atoms with Gasteiger partial charge in [0.25, 0.3) is 0 Å². The lowest BCUT2D eigenvalue weighted by atomic mass is 10.1. The van der Waals surface area contributed by atoms with E-state index in [9.17, 15) is 4.79 Å². The zero-order chi connectivity index (χ0) is 12.3. The maximum absolute atomic E-state index is 11.5. The van der Waals surface area contributed by atoms with E-state index in [1.54, 1.807) is 7.05 Å². The number of hydrogen-bond donors (Lipinski definition) is 2. The quantitative estimate of drug-likeness (QED) is 0.842. The molecule has 0 spiro atoms. The molecule has 4 nitrogen and oxygen atoms in total. The first-order chi connectivity index (χ1) is 8.20. The lowest BCUT2D eigenvalue weighted by Crippen LogP contribution is -2.25. The summed E-state index contributed by atoms with van der Waals surface area (Å²) in [6, 6.07) is 9.72. The van der Waals surface area contributed by atoms with Crippen LogP contribution in [0.1, 0.15) is 5.69 Å². The zero-order valence-corrected chi connectivity index (χ0v) is 9.95. The van der Waals surface area contributed by atoms with Gasteiger partial charge < -0.3 is 10.6 Å². The number of amides is 1. The summed E-state index contributed by atoms with van der Waals surface area (Å²) in [5.74, 6) is -0.0664. The molecule has 0 bridgehead atoms. The number of likely N-dealkylation sites (N-methyl/N-ethyl adjacent to an activating group) is 1. The van der Waals surface area contributed by atoms with E-state index in [-0.39, 0.29) is 5.91 Å². The molecule has 2 N–H and O–H groups in total. The molecule has 1 aromatic carbocycles. The van der Waals surface area contributed by atoms with Gasteiger partial charge in [-0.2, -0.15) is 0 Å². The maximum Gasteiger partial charge on any atom is 0.238 e. The Kier molecular flexibility index (Phi) is 3.35. The molecular weight excluding hydrogens is 214 g/mol. The number of carbonyl (C=O) groups is 1. The van der Waals surface area contributed by atoms with Gasteiger partial charge in [0.15, 0.2) is 0 Å². The molecule has 1 heterocycles. The fraction of sp³-hybridized carbons (Fsp3) is 0.231. The normalized spacial score (nSPS) is 10.5. The van der Waals surface area contributed by atoms with Crippen molar-refractivity contribution in [3.05, 3.63) is 36.0 Å². The average molecular weight is 229 g/mol. The van der Waals surface area contributed by atoms with Crippen LogP contribution in [0.15, 0.2) is 30.3 Å². The third kappa shape index (κ3) is 2.60. The highest BCUT2D eigenvalue weighted by molar-refractivity contribution is 6.00. The fourth-order valence-electron chi connectivity index (χ4n) is 1.70. The predicted octanol–water partition coefficient (Wildman–Crippen LogP) is 1.70. The zero-order valence-electron chi connectivity index (χ0n) is 9.95. The molecule has 0 radical (unpaired) electrons. The summed E-state index contributed by atoms with van der Waals surface area (Å²) in [6.07, 6.45) is 0. The number of hydrogen-bond acceptors (Lipinski definition) is 3. The van der Waals surface area contributed by atoms with Crippen LogP contribution in [0.25, 0.3) is 10.9 Å². The van der Waals surface area contributed by atoms with Gasteiger partial charge in [0, 0.05) is 11.1 Å². The van der Waals surface area contributed by atoms with E-state index in [2.05, 4.69) is 15.6 Å². The number of nitrogens with one attached hydrogen (secondary N) is 2. The number of fused-ring (bicyclic) bond motifs is 1. The van der Waals surface area contributed by atoms with Gasteiger partial charge >= 0.3 is 0 Å². The smallest absolute Gasteiger partial charge is 0.238 e. The molecule has 0 aliphatic heterocycles. The highest BCUT2D eigenvalue weighted by atomic mass is 16.1. The first-order valence-electron chi connectivity index (χ1n) is 5.51. The minimum atomic E-state index is -0.0664. The largest absolute Gasteiger partial charge is 0.323 e. The van der Waals surface area contributed by atoms with Gasteiger partial charge in [-0.25, -0.2) is 0 Å². The molecule has 0 aliphatic carbocycles. The van der Waals surface area contributed by atoms with Crippen LogP contribution >= 0.6 is 0 Å². The van der Waals surface area contributed by atoms with Crippen molar-refractivity contribution in [3.8, 4) is 0 Å². The predicted molar refractivity (Wildman–Crippen MR) is 69.0 cm³/mol. The second-order valence-electron chi connectivity index (χ2n) is 3.91. The van der Waals surface area contributed by atoms with Crippen molar-refractivity contribution in [3.63, 3.8) is 0 Å². The fourth-order valence-corrected chi connectivity index (χ4v) is 1.70. The highest BCUT2D eigenvalue weighted by Gasteiger charge is 2.05. The SMILES string of the molecule is CNCC(=O)Nc1cccc2ccc(C)nc12. The summed E-state index contributed by atoms with van der Waals surface area (Å²) in [6.45, 7) is 2.23. The van der Waals surface area contributed by atoms with Crippen molar-refractivity contribution < 1.29 is 4.79 Å². The van der Waals surface area contributed by atoms with E-state index < -0.39 is 0 Å². The van der Waals surface area contributed by atoms with Gasteiger partial charge in [-0.1, -0.05) is 18.2 Å². The Bertz CT molecular complexity index is 551. The molecule has 1 aromatic heterocycles. The molecule has 0 saturated heterocycles. The van der Waals surface area contributed by atoms with Crippen molar-refractivity contribution in [2.75, 3.05) is 18.9 Å². The Labute approximate surface area is 100 Å². The van der Waals surface area contributed by atoms with Crippen LogP contribution in [0.4, 0.5) is 5.69 Å². The second-order valence-corrected chi connectivity index (χ2v) is 3.91. The minimum Gasteiger partial charge on any atom is -0.323 e. The van der Waals surface area contributed by atoms with Crippen LogP contribution in [-0.4, -0.2) is 24.5 Å². The van der Waals surface area contributed by atoms with E-state index in [1.807, 2.05) is 37.3 Å². The summed E-state index contributed by atoms with van der Waals surface area (Å²) in [5, 5.41) is 6.69. The average Bonchev–Trinajstić information content (AvgIpc) is 2.30. The van der Waals surface area contributed by atoms with Gasteiger partial charge in [0.1, 0.15) is 0 Å². The number of pyridine rings is 1. The van der Waals surface area contributed by atoms with Crippen LogP contribution < -0.4 is 10.6 Å². The summed E-state index contributed by atoms with van der Waals surface area (Å²) in [4.78, 5) is 16.0. The molecule has 0 unspecified atom stereocenters. The number of para-hydroxylation sites is 1. The van der Waals surface area contributed by atoms with E-state index in [4.69, 9.17) is 0 Å². The van der Waals surface area contributed by atoms with Gasteiger partial charge in [-0.3, -0.25) is 9.78 Å². The van der Waals surface area contributed by atoms with Crippen LogP contribution in [0, 0.1) is 6.92 Å². The van der Waals surface area contributed by atoms with Crippen LogP contribution in [0.3, 0.4) is 0 Å². The number of aromatic nitrogens is 1. The molecule has 2 rings (SSSR count). The van der Waals surface area contributed by atoms with Gasteiger partial charge in [-0.15, -0.1) is 0 Å².